The van der Waals surface area contributed by atoms with Gasteiger partial charge in [-0.2, -0.15) is 29.0 Å². The molecule has 28 heteroatoms. The number of carbonyl (C=O) groups excluding carboxylic acids is 4. The maximum Gasteiger partial charge on any atom is 0.410 e. The number of ketones is 1. The number of amides is 3. The van der Waals surface area contributed by atoms with Gasteiger partial charge in [-0.3, -0.25) is 14.6 Å². The van der Waals surface area contributed by atoms with Crippen molar-refractivity contribution in [1.29, 1.82) is 0 Å². The van der Waals surface area contributed by atoms with Crippen LogP contribution in [-0.4, -0.2) is 181 Å². The second kappa shape index (κ2) is 32.6. The second-order valence-electron chi connectivity index (χ2n) is 24.8. The first-order chi connectivity index (χ1) is 43.6. The summed E-state index contributed by atoms with van der Waals surface area (Å²) >= 11 is 0. The van der Waals surface area contributed by atoms with Crippen LogP contribution in [0.15, 0.2) is 132 Å². The first-order valence-electron chi connectivity index (χ1n) is 29.9. The number of aliphatic hydroxyl groups excluding tert-OH is 3. The van der Waals surface area contributed by atoms with Crippen molar-refractivity contribution < 1.29 is 79.4 Å². The number of ether oxygens (including phenoxy) is 3. The Hall–Kier alpha value is -8.12. The molecule has 3 amide bonds. The Morgan fingerprint density at radius 2 is 1.11 bits per heavy atom. The molecule has 4 aromatic carbocycles. The Bertz CT molecular complexity index is 3720. The van der Waals surface area contributed by atoms with Gasteiger partial charge in [0.15, 0.2) is 0 Å². The zero-order valence-electron chi connectivity index (χ0n) is 53.7. The van der Waals surface area contributed by atoms with E-state index in [2.05, 4.69) is 25.7 Å². The number of rotatable bonds is 19. The zero-order valence-corrected chi connectivity index (χ0v) is 55.4. The van der Waals surface area contributed by atoms with Crippen LogP contribution >= 0.6 is 0 Å². The molecular weight excluding hydrogens is 1250 g/mol. The number of phenols is 1. The summed E-state index contributed by atoms with van der Waals surface area (Å²) in [6.07, 6.45) is 1.63. The van der Waals surface area contributed by atoms with Gasteiger partial charge in [-0.15, -0.1) is 0 Å². The van der Waals surface area contributed by atoms with Crippen LogP contribution in [-0.2, 0) is 65.2 Å². The highest BCUT2D eigenvalue weighted by Gasteiger charge is 2.46. The Morgan fingerprint density at radius 3 is 1.54 bits per heavy atom. The zero-order chi connectivity index (χ0) is 68.6. The fraction of sp³-hybridized carbons (Fsp3) is 0.446. The van der Waals surface area contributed by atoms with Crippen LogP contribution in [0.25, 0.3) is 0 Å². The Morgan fingerprint density at radius 1 is 0.624 bits per heavy atom. The van der Waals surface area contributed by atoms with E-state index < -0.39 is 97.2 Å². The van der Waals surface area contributed by atoms with Gasteiger partial charge in [-0.05, 0) is 170 Å². The number of benzene rings is 4. The quantitative estimate of drug-likeness (QED) is 0.0554. The average molecular weight is 1330 g/mol. The molecule has 5 N–H and O–H groups in total. The number of nitrogens with zero attached hydrogens (tertiary/aromatic N) is 8. The minimum absolute atomic E-state index is 0.00928. The number of nitrogens with one attached hydrogen (secondary N) is 1. The van der Waals surface area contributed by atoms with Crippen molar-refractivity contribution >= 4 is 43.9 Å². The van der Waals surface area contributed by atoms with E-state index in [4.69, 9.17) is 19.3 Å². The third-order valence-electron chi connectivity index (χ3n) is 14.6. The van der Waals surface area contributed by atoms with Gasteiger partial charge in [0.1, 0.15) is 46.7 Å². The minimum Gasteiger partial charge on any atom is -0.508 e. The Kier molecular flexibility index (Phi) is 25.9. The largest absolute Gasteiger partial charge is 0.508 e. The summed E-state index contributed by atoms with van der Waals surface area (Å²) < 4.78 is 102. The van der Waals surface area contributed by atoms with E-state index in [1.54, 1.807) is 116 Å². The molecule has 24 nitrogen and oxygen atoms in total. The lowest BCUT2D eigenvalue weighted by Gasteiger charge is -2.44. The molecular formula is C65H83F2N9O15S2. The molecule has 0 unspecified atom stereocenters. The summed E-state index contributed by atoms with van der Waals surface area (Å²) in [5, 5.41) is 59.1. The van der Waals surface area contributed by atoms with Crippen LogP contribution < -0.4 is 10.1 Å². The Balaban J connectivity index is 0.000000265. The molecule has 93 heavy (non-hydrogen) atoms. The standard InChI is InChI=1S/C32H40FN5O7S.C28H37FN2O7S.C5H6N2O/c1-21-7-6-8-27(13-21)46(42,43)37-11-12-38(31(41)45-32(3,4)5)29(19-37)30(40)28(36-22(2)39)16-24-14-25(33)17-26(15-24)44-20-23-9-10-34-35-18-23;1-18-7-6-8-24(11-18)39(36,37)30-9-10-31(27(35)38-28(3,4)5)25(17-30)26(34)21(12-19(2)32)13-20-14-22(29)16-23(33)15-20;8-4-5-1-2-6-7-3-5/h6-10,13-15,17-18,28-30,40H,11-12,16,19-20H2,1-5H3,(H,36,39);6-8,11,14-16,21,25-26,33-34H,9-10,12-13,17H2,1-5H3;1-3,8H,4H2/t28-,29+,30-;21-,25+,26-;/m00./s1. The smallest absolute Gasteiger partial charge is 0.410 e. The fourth-order valence-corrected chi connectivity index (χ4v) is 13.5. The summed E-state index contributed by atoms with van der Waals surface area (Å²) in [5.41, 5.74) is 2.07. The fourth-order valence-electron chi connectivity index (χ4n) is 10.4. The lowest BCUT2D eigenvalue weighted by atomic mass is 9.85. The van der Waals surface area contributed by atoms with E-state index in [-0.39, 0.29) is 98.8 Å². The van der Waals surface area contributed by atoms with Crippen LogP contribution in [0, 0.1) is 31.4 Å². The predicted octanol–water partition coefficient (Wildman–Crippen LogP) is 6.84. The summed E-state index contributed by atoms with van der Waals surface area (Å²) in [5.74, 6) is -2.89. The summed E-state index contributed by atoms with van der Waals surface area (Å²) in [7, 11) is -7.96. The number of piperazine rings is 2. The van der Waals surface area contributed by atoms with Gasteiger partial charge in [-0.25, -0.2) is 35.2 Å². The molecule has 6 aromatic rings. The molecule has 504 valence electrons. The van der Waals surface area contributed by atoms with Crippen LogP contribution in [0.2, 0.25) is 0 Å². The number of aromatic nitrogens is 4. The van der Waals surface area contributed by atoms with Crippen molar-refractivity contribution in [3.63, 3.8) is 0 Å². The number of carbonyl (C=O) groups is 4. The highest BCUT2D eigenvalue weighted by atomic mass is 32.2. The average Bonchev–Trinajstić information content (AvgIpc) is 0.792. The molecule has 2 aliphatic rings. The molecule has 0 saturated carbocycles. The monoisotopic (exact) mass is 1330 g/mol. The lowest BCUT2D eigenvalue weighted by molar-refractivity contribution is -0.121. The SMILES string of the molecule is CC(=O)C[C@@H](Cc1cc(O)cc(F)c1)[C@H](O)[C@H]1CN(S(=O)(=O)c2cccc(C)c2)CCN1C(=O)OC(C)(C)C.CC(=O)N[C@@H](Cc1cc(F)cc(OCc2ccnnc2)c1)[C@H](O)[C@H]1CN(S(=O)(=O)c2cccc(C)c2)CCN1C(=O)OC(C)(C)C.OCc1ccnnc1. The van der Waals surface area contributed by atoms with Gasteiger partial charge in [0.2, 0.25) is 26.0 Å². The van der Waals surface area contributed by atoms with Crippen LogP contribution in [0.5, 0.6) is 11.5 Å². The maximum atomic E-state index is 14.7. The van der Waals surface area contributed by atoms with Gasteiger partial charge in [0, 0.05) is 82.7 Å². The number of aromatic hydroxyl groups is 1. The topological polar surface area (TPSA) is 322 Å². The van der Waals surface area contributed by atoms with E-state index in [1.165, 1.54) is 87.2 Å². The molecule has 2 aliphatic heterocycles. The highest BCUT2D eigenvalue weighted by Crippen LogP contribution is 2.31. The molecule has 0 spiro atoms. The molecule has 2 fully saturated rings. The van der Waals surface area contributed by atoms with Crippen LogP contribution in [0.4, 0.5) is 18.4 Å². The predicted molar refractivity (Wildman–Crippen MR) is 338 cm³/mol. The molecule has 6 atom stereocenters. The van der Waals surface area contributed by atoms with Gasteiger partial charge < -0.3 is 44.7 Å². The normalized spacial score (nSPS) is 17.0. The van der Waals surface area contributed by atoms with Crippen LogP contribution in [0.3, 0.4) is 0 Å². The molecule has 2 aromatic heterocycles. The number of sulfonamides is 2. The van der Waals surface area contributed by atoms with Crippen molar-refractivity contribution in [2.75, 3.05) is 39.3 Å². The highest BCUT2D eigenvalue weighted by molar-refractivity contribution is 7.89. The molecule has 2 saturated heterocycles. The van der Waals surface area contributed by atoms with Crippen molar-refractivity contribution in [3.05, 3.63) is 167 Å². The molecule has 0 radical (unpaired) electrons. The number of aryl methyl sites for hydroxylation is 2. The first-order valence-corrected chi connectivity index (χ1v) is 32.8. The van der Waals surface area contributed by atoms with Gasteiger partial charge >= 0.3 is 12.2 Å². The molecule has 0 bridgehead atoms. The van der Waals surface area contributed by atoms with Crippen molar-refractivity contribution in [3.8, 4) is 11.5 Å². The number of aliphatic hydroxyl groups is 3. The van der Waals surface area contributed by atoms with E-state index in [0.717, 1.165) is 28.3 Å². The third kappa shape index (κ3) is 22.3. The maximum absolute atomic E-state index is 14.7. The van der Waals surface area contributed by atoms with Crippen molar-refractivity contribution in [1.82, 2.24) is 44.1 Å². The first kappa shape index (κ1) is 73.9. The van der Waals surface area contributed by atoms with Gasteiger partial charge in [0.25, 0.3) is 0 Å². The van der Waals surface area contributed by atoms with Gasteiger partial charge in [0.05, 0.1) is 59.1 Å². The second-order valence-corrected chi connectivity index (χ2v) is 28.6. The molecule has 8 rings (SSSR count). The molecule has 4 heterocycles. The lowest BCUT2D eigenvalue weighted by Crippen LogP contribution is -2.64. The number of halogens is 2. The number of hydrogen-bond acceptors (Lipinski definition) is 19. The van der Waals surface area contributed by atoms with E-state index in [9.17, 15) is 60.1 Å². The summed E-state index contributed by atoms with van der Waals surface area (Å²) in [4.78, 5) is 53.8. The van der Waals surface area contributed by atoms with E-state index in [0.29, 0.717) is 11.1 Å². The number of Topliss-reactive ketones (excluding diaryl/α,β-unsaturated/α-hetero) is 1. The molecule has 0 aliphatic carbocycles. The van der Waals surface area contributed by atoms with Crippen LogP contribution in [0.1, 0.15) is 95.2 Å². The number of hydrogen-bond donors (Lipinski definition) is 5. The Labute approximate surface area is 541 Å². The van der Waals surface area contributed by atoms with E-state index in [1.807, 2.05) is 0 Å². The minimum atomic E-state index is -4.00. The number of phenolic OH excluding ortho intramolecular Hbond substituents is 1. The van der Waals surface area contributed by atoms with Gasteiger partial charge in [-0.1, -0.05) is 24.3 Å². The summed E-state index contributed by atoms with van der Waals surface area (Å²) in [6, 6.07) is 20.6. The van der Waals surface area contributed by atoms with E-state index >= 15 is 0 Å². The summed E-state index contributed by atoms with van der Waals surface area (Å²) in [6.45, 7) is 15.8. The van der Waals surface area contributed by atoms with Crippen molar-refractivity contribution in [2.45, 2.75) is 153 Å². The third-order valence-corrected chi connectivity index (χ3v) is 18.3. The van der Waals surface area contributed by atoms with Crippen molar-refractivity contribution in [2.24, 2.45) is 5.92 Å².